The van der Waals surface area contributed by atoms with Crippen LogP contribution in [0.5, 0.6) is 0 Å². The van der Waals surface area contributed by atoms with Crippen molar-refractivity contribution in [2.75, 3.05) is 39.3 Å². The maximum absolute atomic E-state index is 13.2. The quantitative estimate of drug-likeness (QED) is 0.878. The fourth-order valence-electron chi connectivity index (χ4n) is 2.95. The molecule has 0 radical (unpaired) electrons. The molecule has 104 valence electrons. The summed E-state index contributed by atoms with van der Waals surface area (Å²) in [5.41, 5.74) is 0.971. The number of pyridine rings is 1. The van der Waals surface area contributed by atoms with Crippen LogP contribution in [0.15, 0.2) is 18.5 Å². The number of piperazine rings is 1. The molecule has 19 heavy (non-hydrogen) atoms. The molecule has 0 amide bonds. The molecule has 3 rings (SSSR count). The lowest BCUT2D eigenvalue weighted by atomic mass is 10.00. The smallest absolute Gasteiger partial charge is 0.141 e. The molecule has 3 heterocycles. The van der Waals surface area contributed by atoms with Crippen LogP contribution in [0.4, 0.5) is 4.39 Å². The molecule has 0 aromatic carbocycles. The van der Waals surface area contributed by atoms with E-state index < -0.39 is 0 Å². The minimum absolute atomic E-state index is 0.247. The highest BCUT2D eigenvalue weighted by Crippen LogP contribution is 2.27. The largest absolute Gasteiger partial charge is 0.314 e. The van der Waals surface area contributed by atoms with Gasteiger partial charge in [0.25, 0.3) is 0 Å². The van der Waals surface area contributed by atoms with Gasteiger partial charge in [-0.25, -0.2) is 4.39 Å². The van der Waals surface area contributed by atoms with Gasteiger partial charge in [-0.2, -0.15) is 0 Å². The summed E-state index contributed by atoms with van der Waals surface area (Å²) in [5.74, 6) is -0.247. The average molecular weight is 264 g/mol. The number of nitrogens with one attached hydrogen (secondary N) is 1. The van der Waals surface area contributed by atoms with Crippen molar-refractivity contribution in [2.24, 2.45) is 0 Å². The summed E-state index contributed by atoms with van der Waals surface area (Å²) in [5, 5.41) is 3.38. The Balaban J connectivity index is 1.55. The van der Waals surface area contributed by atoms with Gasteiger partial charge in [-0.3, -0.25) is 14.8 Å². The Morgan fingerprint density at radius 1 is 1.32 bits per heavy atom. The normalized spacial score (nSPS) is 24.1. The van der Waals surface area contributed by atoms with Crippen LogP contribution in [-0.4, -0.2) is 60.1 Å². The van der Waals surface area contributed by atoms with E-state index in [2.05, 4.69) is 27.0 Å². The van der Waals surface area contributed by atoms with E-state index in [9.17, 15) is 4.39 Å². The summed E-state index contributed by atoms with van der Waals surface area (Å²) in [6.07, 6.45) is 3.03. The number of nitrogens with zero attached hydrogens (tertiary/aromatic N) is 3. The van der Waals surface area contributed by atoms with Gasteiger partial charge in [0.15, 0.2) is 0 Å². The van der Waals surface area contributed by atoms with E-state index in [-0.39, 0.29) is 11.9 Å². The second-order valence-corrected chi connectivity index (χ2v) is 5.51. The summed E-state index contributed by atoms with van der Waals surface area (Å²) in [4.78, 5) is 8.89. The number of likely N-dealkylation sites (tertiary alicyclic amines) is 1. The van der Waals surface area contributed by atoms with Crippen LogP contribution in [0.25, 0.3) is 0 Å². The number of hydrogen-bond donors (Lipinski definition) is 1. The lowest BCUT2D eigenvalue weighted by Crippen LogP contribution is -2.62. The second kappa shape index (κ2) is 5.53. The van der Waals surface area contributed by atoms with Gasteiger partial charge in [-0.1, -0.05) is 0 Å². The van der Waals surface area contributed by atoms with E-state index in [0.29, 0.717) is 6.04 Å². The highest BCUT2D eigenvalue weighted by Gasteiger charge is 2.35. The van der Waals surface area contributed by atoms with Crippen molar-refractivity contribution >= 4 is 0 Å². The topological polar surface area (TPSA) is 31.4 Å². The van der Waals surface area contributed by atoms with E-state index in [4.69, 9.17) is 0 Å². The Labute approximate surface area is 113 Å². The summed E-state index contributed by atoms with van der Waals surface area (Å²) < 4.78 is 13.2. The van der Waals surface area contributed by atoms with Crippen LogP contribution in [0, 0.1) is 5.82 Å². The Morgan fingerprint density at radius 3 is 2.74 bits per heavy atom. The third-order valence-corrected chi connectivity index (χ3v) is 4.31. The first kappa shape index (κ1) is 13.0. The van der Waals surface area contributed by atoms with Crippen LogP contribution in [0.1, 0.15) is 18.5 Å². The summed E-state index contributed by atoms with van der Waals surface area (Å²) in [6.45, 7) is 8.78. The standard InChI is InChI=1S/C14H21FN4/c1-11(12-6-13(15)8-17-7-12)19-9-14(10-19)18-4-2-16-3-5-18/h6-8,11,14,16H,2-5,9-10H2,1H3. The number of rotatable bonds is 3. The molecule has 5 heteroatoms. The zero-order valence-electron chi connectivity index (χ0n) is 11.3. The molecule has 1 aromatic heterocycles. The SMILES string of the molecule is CC(c1cncc(F)c1)N1CC(N2CCNCC2)C1. The molecule has 1 unspecified atom stereocenters. The first-order valence-electron chi connectivity index (χ1n) is 7.03. The maximum Gasteiger partial charge on any atom is 0.141 e. The molecule has 2 aliphatic rings. The molecule has 2 fully saturated rings. The Hall–Kier alpha value is -1.04. The molecular formula is C14H21FN4. The lowest BCUT2D eigenvalue weighted by molar-refractivity contribution is 0.00333. The fraction of sp³-hybridized carbons (Fsp3) is 0.643. The van der Waals surface area contributed by atoms with Gasteiger partial charge < -0.3 is 5.32 Å². The highest BCUT2D eigenvalue weighted by atomic mass is 19.1. The zero-order chi connectivity index (χ0) is 13.2. The van der Waals surface area contributed by atoms with E-state index in [1.807, 2.05) is 0 Å². The predicted molar refractivity (Wildman–Crippen MR) is 72.4 cm³/mol. The van der Waals surface area contributed by atoms with Crippen LogP contribution in [0.3, 0.4) is 0 Å². The van der Waals surface area contributed by atoms with E-state index in [1.165, 1.54) is 6.20 Å². The predicted octanol–water partition coefficient (Wildman–Crippen LogP) is 0.871. The molecule has 0 bridgehead atoms. The first-order valence-corrected chi connectivity index (χ1v) is 7.03. The minimum Gasteiger partial charge on any atom is -0.314 e. The highest BCUT2D eigenvalue weighted by molar-refractivity contribution is 5.15. The van der Waals surface area contributed by atoms with Crippen molar-refractivity contribution < 1.29 is 4.39 Å². The van der Waals surface area contributed by atoms with Gasteiger partial charge in [0.1, 0.15) is 5.82 Å². The number of halogens is 1. The van der Waals surface area contributed by atoms with Gasteiger partial charge in [-0.15, -0.1) is 0 Å². The minimum atomic E-state index is -0.247. The molecule has 0 aliphatic carbocycles. The van der Waals surface area contributed by atoms with E-state index in [1.54, 1.807) is 12.3 Å². The number of aromatic nitrogens is 1. The monoisotopic (exact) mass is 264 g/mol. The van der Waals surface area contributed by atoms with Crippen molar-refractivity contribution in [3.8, 4) is 0 Å². The van der Waals surface area contributed by atoms with Crippen LogP contribution in [0.2, 0.25) is 0 Å². The van der Waals surface area contributed by atoms with Gasteiger partial charge in [0.2, 0.25) is 0 Å². The fourth-order valence-corrected chi connectivity index (χ4v) is 2.95. The van der Waals surface area contributed by atoms with Crippen LogP contribution >= 0.6 is 0 Å². The van der Waals surface area contributed by atoms with Gasteiger partial charge >= 0.3 is 0 Å². The van der Waals surface area contributed by atoms with Crippen molar-refractivity contribution in [3.05, 3.63) is 29.8 Å². The van der Waals surface area contributed by atoms with Crippen molar-refractivity contribution in [3.63, 3.8) is 0 Å². The van der Waals surface area contributed by atoms with Crippen LogP contribution < -0.4 is 5.32 Å². The molecule has 2 aliphatic heterocycles. The van der Waals surface area contributed by atoms with E-state index >= 15 is 0 Å². The van der Waals surface area contributed by atoms with Crippen molar-refractivity contribution in [2.45, 2.75) is 19.0 Å². The molecule has 2 saturated heterocycles. The van der Waals surface area contributed by atoms with Crippen molar-refractivity contribution in [1.29, 1.82) is 0 Å². The zero-order valence-corrected chi connectivity index (χ0v) is 11.3. The molecule has 1 aromatic rings. The van der Waals surface area contributed by atoms with Gasteiger partial charge in [0, 0.05) is 57.5 Å². The van der Waals surface area contributed by atoms with Gasteiger partial charge in [-0.05, 0) is 18.6 Å². The maximum atomic E-state index is 13.2. The Morgan fingerprint density at radius 2 is 2.05 bits per heavy atom. The van der Waals surface area contributed by atoms with Crippen molar-refractivity contribution in [1.82, 2.24) is 20.1 Å². The first-order chi connectivity index (χ1) is 9.24. The third kappa shape index (κ3) is 2.78. The Bertz CT molecular complexity index is 427. The Kier molecular flexibility index (Phi) is 3.77. The lowest BCUT2D eigenvalue weighted by Gasteiger charge is -2.49. The van der Waals surface area contributed by atoms with Crippen LogP contribution in [-0.2, 0) is 0 Å². The molecule has 4 nitrogen and oxygen atoms in total. The van der Waals surface area contributed by atoms with Gasteiger partial charge in [0.05, 0.1) is 6.20 Å². The molecule has 1 atom stereocenters. The average Bonchev–Trinajstić information content (AvgIpc) is 2.38. The number of hydrogen-bond acceptors (Lipinski definition) is 4. The second-order valence-electron chi connectivity index (χ2n) is 5.51. The summed E-state index contributed by atoms with van der Waals surface area (Å²) in [7, 11) is 0. The third-order valence-electron chi connectivity index (χ3n) is 4.31. The molecular weight excluding hydrogens is 243 g/mol. The van der Waals surface area contributed by atoms with E-state index in [0.717, 1.165) is 44.8 Å². The molecule has 0 spiro atoms. The molecule has 0 saturated carbocycles. The summed E-state index contributed by atoms with van der Waals surface area (Å²) in [6, 6.07) is 2.52. The summed E-state index contributed by atoms with van der Waals surface area (Å²) >= 11 is 0. The molecule has 1 N–H and O–H groups in total.